The van der Waals surface area contributed by atoms with Crippen molar-refractivity contribution in [3.63, 3.8) is 0 Å². The van der Waals surface area contributed by atoms with E-state index in [1.807, 2.05) is 25.1 Å². The van der Waals surface area contributed by atoms with Gasteiger partial charge in [-0.15, -0.1) is 0 Å². The van der Waals surface area contributed by atoms with Gasteiger partial charge in [0.05, 0.1) is 12.2 Å². The summed E-state index contributed by atoms with van der Waals surface area (Å²) in [5.74, 6) is 0.244. The van der Waals surface area contributed by atoms with E-state index in [-0.39, 0.29) is 5.92 Å². The van der Waals surface area contributed by atoms with Gasteiger partial charge in [-0.2, -0.15) is 0 Å². The first-order valence-corrected chi connectivity index (χ1v) is 6.95. The van der Waals surface area contributed by atoms with Crippen molar-refractivity contribution in [2.45, 2.75) is 51.2 Å². The summed E-state index contributed by atoms with van der Waals surface area (Å²) in [7, 11) is 0. The maximum Gasteiger partial charge on any atom is 0.0804 e. The number of hydrogen-bond donors (Lipinski definition) is 2. The molecule has 0 bridgehead atoms. The van der Waals surface area contributed by atoms with Gasteiger partial charge in [0.25, 0.3) is 0 Å². The van der Waals surface area contributed by atoms with Gasteiger partial charge in [0.15, 0.2) is 0 Å². The Morgan fingerprint density at radius 2 is 1.94 bits per heavy atom. The first-order valence-electron chi connectivity index (χ1n) is 6.16. The van der Waals surface area contributed by atoms with Gasteiger partial charge in [0.2, 0.25) is 0 Å². The number of hydrogen-bond acceptors (Lipinski definition) is 2. The molecule has 0 fully saturated rings. The molecular formula is C14H21BrO2. The lowest BCUT2D eigenvalue weighted by Gasteiger charge is -2.21. The zero-order chi connectivity index (χ0) is 12.8. The summed E-state index contributed by atoms with van der Waals surface area (Å²) in [5.41, 5.74) is 1.18. The summed E-state index contributed by atoms with van der Waals surface area (Å²) >= 11 is 3.44. The highest BCUT2D eigenvalue weighted by Gasteiger charge is 2.19. The second-order valence-corrected chi connectivity index (χ2v) is 5.53. The van der Waals surface area contributed by atoms with E-state index in [0.717, 1.165) is 10.9 Å². The zero-order valence-electron chi connectivity index (χ0n) is 10.4. The van der Waals surface area contributed by atoms with Crippen LogP contribution in [0.5, 0.6) is 0 Å². The Morgan fingerprint density at radius 3 is 2.53 bits per heavy atom. The summed E-state index contributed by atoms with van der Waals surface area (Å²) in [6, 6.07) is 8.08. The van der Waals surface area contributed by atoms with E-state index in [1.165, 1.54) is 5.56 Å². The van der Waals surface area contributed by atoms with Crippen LogP contribution in [0.2, 0.25) is 0 Å². The summed E-state index contributed by atoms with van der Waals surface area (Å²) < 4.78 is 1.05. The average Bonchev–Trinajstić information content (AvgIpc) is 2.29. The fraction of sp³-hybridized carbons (Fsp3) is 0.571. The lowest BCUT2D eigenvalue weighted by molar-refractivity contribution is 0.00637. The van der Waals surface area contributed by atoms with E-state index in [2.05, 4.69) is 28.9 Å². The largest absolute Gasteiger partial charge is 0.390 e. The number of halogens is 1. The van der Waals surface area contributed by atoms with E-state index in [0.29, 0.717) is 12.8 Å². The van der Waals surface area contributed by atoms with Crippen molar-refractivity contribution in [1.29, 1.82) is 0 Å². The molecule has 0 aliphatic heterocycles. The Balaban J connectivity index is 2.56. The van der Waals surface area contributed by atoms with Crippen molar-refractivity contribution in [3.8, 4) is 0 Å². The molecule has 3 heteroatoms. The molecular weight excluding hydrogens is 280 g/mol. The van der Waals surface area contributed by atoms with Crippen LogP contribution in [0.1, 0.15) is 44.6 Å². The number of aliphatic hydroxyl groups is 2. The molecule has 17 heavy (non-hydrogen) atoms. The molecule has 0 radical (unpaired) electrons. The molecule has 0 amide bonds. The molecule has 1 aromatic rings. The van der Waals surface area contributed by atoms with Crippen molar-refractivity contribution < 1.29 is 10.2 Å². The molecule has 0 aliphatic carbocycles. The predicted molar refractivity (Wildman–Crippen MR) is 74.1 cm³/mol. The third kappa shape index (κ3) is 4.78. The number of rotatable bonds is 6. The van der Waals surface area contributed by atoms with Crippen LogP contribution in [0.4, 0.5) is 0 Å². The van der Waals surface area contributed by atoms with Crippen LogP contribution < -0.4 is 0 Å². The lowest BCUT2D eigenvalue weighted by atomic mass is 9.92. The standard InChI is InChI=1S/C14H21BrO2/c1-3-5-13(16)14(17)8-10(2)11-6-4-7-12(15)9-11/h4,6-7,9-10,13-14,16-17H,3,5,8H2,1-2H3. The Kier molecular flexibility index (Phi) is 6.17. The van der Waals surface area contributed by atoms with Gasteiger partial charge in [-0.25, -0.2) is 0 Å². The van der Waals surface area contributed by atoms with Crippen molar-refractivity contribution >= 4 is 15.9 Å². The van der Waals surface area contributed by atoms with Gasteiger partial charge in [-0.05, 0) is 36.5 Å². The molecule has 1 aromatic carbocycles. The van der Waals surface area contributed by atoms with E-state index in [4.69, 9.17) is 0 Å². The highest BCUT2D eigenvalue weighted by Crippen LogP contribution is 2.25. The van der Waals surface area contributed by atoms with Gasteiger partial charge in [0, 0.05) is 4.47 Å². The Labute approximate surface area is 112 Å². The van der Waals surface area contributed by atoms with E-state index < -0.39 is 12.2 Å². The van der Waals surface area contributed by atoms with Crippen molar-refractivity contribution in [1.82, 2.24) is 0 Å². The zero-order valence-corrected chi connectivity index (χ0v) is 12.0. The van der Waals surface area contributed by atoms with Gasteiger partial charge < -0.3 is 10.2 Å². The first kappa shape index (κ1) is 14.7. The molecule has 3 atom stereocenters. The molecule has 0 saturated heterocycles. The predicted octanol–water partition coefficient (Wildman–Crippen LogP) is 3.46. The van der Waals surface area contributed by atoms with Crippen molar-refractivity contribution in [2.75, 3.05) is 0 Å². The minimum Gasteiger partial charge on any atom is -0.390 e. The second-order valence-electron chi connectivity index (χ2n) is 4.62. The molecule has 2 nitrogen and oxygen atoms in total. The summed E-state index contributed by atoms with van der Waals surface area (Å²) in [6.07, 6.45) is 0.909. The molecule has 0 saturated carbocycles. The topological polar surface area (TPSA) is 40.5 Å². The lowest BCUT2D eigenvalue weighted by Crippen LogP contribution is -2.27. The van der Waals surface area contributed by atoms with Crippen LogP contribution in [0.15, 0.2) is 28.7 Å². The van der Waals surface area contributed by atoms with Crippen LogP contribution in [0, 0.1) is 0 Å². The van der Waals surface area contributed by atoms with E-state index >= 15 is 0 Å². The smallest absolute Gasteiger partial charge is 0.0804 e. The summed E-state index contributed by atoms with van der Waals surface area (Å²) in [5, 5.41) is 19.6. The van der Waals surface area contributed by atoms with Crippen LogP contribution in [0.25, 0.3) is 0 Å². The van der Waals surface area contributed by atoms with Gasteiger partial charge >= 0.3 is 0 Å². The minimum atomic E-state index is -0.635. The van der Waals surface area contributed by atoms with E-state index in [9.17, 15) is 10.2 Å². The van der Waals surface area contributed by atoms with E-state index in [1.54, 1.807) is 0 Å². The molecule has 3 unspecified atom stereocenters. The number of benzene rings is 1. The van der Waals surface area contributed by atoms with Crippen LogP contribution in [0.3, 0.4) is 0 Å². The third-order valence-electron chi connectivity index (χ3n) is 3.04. The second kappa shape index (κ2) is 7.14. The minimum absolute atomic E-state index is 0.244. The van der Waals surface area contributed by atoms with Crippen LogP contribution in [-0.4, -0.2) is 22.4 Å². The molecule has 96 valence electrons. The Morgan fingerprint density at radius 1 is 1.24 bits per heavy atom. The SMILES string of the molecule is CCCC(O)C(O)CC(C)c1cccc(Br)c1. The average molecular weight is 301 g/mol. The molecule has 0 spiro atoms. The fourth-order valence-corrected chi connectivity index (χ4v) is 2.37. The first-order chi connectivity index (χ1) is 8.04. The molecule has 0 aliphatic rings. The Bertz CT molecular complexity index is 341. The summed E-state index contributed by atoms with van der Waals surface area (Å²) in [6.45, 7) is 4.08. The Hall–Kier alpha value is -0.380. The van der Waals surface area contributed by atoms with Gasteiger partial charge in [0.1, 0.15) is 0 Å². The van der Waals surface area contributed by atoms with Gasteiger partial charge in [-0.3, -0.25) is 0 Å². The fourth-order valence-electron chi connectivity index (χ4n) is 1.96. The molecule has 0 heterocycles. The molecule has 2 N–H and O–H groups in total. The quantitative estimate of drug-likeness (QED) is 0.844. The number of aliphatic hydroxyl groups excluding tert-OH is 2. The molecule has 1 rings (SSSR count). The normalized spacial score (nSPS) is 16.5. The third-order valence-corrected chi connectivity index (χ3v) is 3.53. The molecule has 0 aromatic heterocycles. The van der Waals surface area contributed by atoms with Crippen molar-refractivity contribution in [2.24, 2.45) is 0 Å². The van der Waals surface area contributed by atoms with Crippen LogP contribution >= 0.6 is 15.9 Å². The van der Waals surface area contributed by atoms with Crippen LogP contribution in [-0.2, 0) is 0 Å². The maximum absolute atomic E-state index is 9.89. The monoisotopic (exact) mass is 300 g/mol. The maximum atomic E-state index is 9.89. The van der Waals surface area contributed by atoms with Crippen molar-refractivity contribution in [3.05, 3.63) is 34.3 Å². The summed E-state index contributed by atoms with van der Waals surface area (Å²) in [4.78, 5) is 0. The van der Waals surface area contributed by atoms with Gasteiger partial charge in [-0.1, -0.05) is 48.3 Å². The highest BCUT2D eigenvalue weighted by molar-refractivity contribution is 9.10. The highest BCUT2D eigenvalue weighted by atomic mass is 79.9.